The van der Waals surface area contributed by atoms with Crippen molar-refractivity contribution in [2.75, 3.05) is 13.7 Å². The average Bonchev–Trinajstić information content (AvgIpc) is 3.20. The van der Waals surface area contributed by atoms with Crippen LogP contribution in [0.3, 0.4) is 0 Å². The molecule has 7 heteroatoms. The summed E-state index contributed by atoms with van der Waals surface area (Å²) in [5.41, 5.74) is 4.21. The van der Waals surface area contributed by atoms with E-state index in [1.165, 1.54) is 0 Å². The van der Waals surface area contributed by atoms with E-state index in [9.17, 15) is 4.79 Å². The Morgan fingerprint density at radius 3 is 2.58 bits per heavy atom. The number of amides is 1. The lowest BCUT2D eigenvalue weighted by atomic mass is 10.0. The van der Waals surface area contributed by atoms with Gasteiger partial charge in [0.2, 0.25) is 11.8 Å². The molecule has 0 saturated carbocycles. The third kappa shape index (κ3) is 4.85. The molecule has 0 aliphatic carbocycles. The van der Waals surface area contributed by atoms with Gasteiger partial charge in [0.1, 0.15) is 0 Å². The van der Waals surface area contributed by atoms with E-state index in [4.69, 9.17) is 32.9 Å². The van der Waals surface area contributed by atoms with Crippen LogP contribution in [0.15, 0.2) is 54.6 Å². The molecule has 1 amide bonds. The van der Waals surface area contributed by atoms with Crippen LogP contribution >= 0.6 is 23.2 Å². The molecule has 1 aliphatic heterocycles. The number of benzene rings is 2. The van der Waals surface area contributed by atoms with E-state index in [1.807, 2.05) is 54.6 Å². The monoisotopic (exact) mass is 455 g/mol. The van der Waals surface area contributed by atoms with Crippen LogP contribution in [0.2, 0.25) is 10.0 Å². The number of aromatic nitrogens is 1. The molecule has 2 heterocycles. The predicted octanol–water partition coefficient (Wildman–Crippen LogP) is 5.10. The van der Waals surface area contributed by atoms with Crippen LogP contribution in [0.4, 0.5) is 0 Å². The maximum atomic E-state index is 11.3. The number of methoxy groups -OCH3 is 1. The van der Waals surface area contributed by atoms with Crippen molar-refractivity contribution >= 4 is 29.1 Å². The van der Waals surface area contributed by atoms with Crippen molar-refractivity contribution in [1.29, 1.82) is 0 Å². The van der Waals surface area contributed by atoms with E-state index in [-0.39, 0.29) is 11.9 Å². The van der Waals surface area contributed by atoms with E-state index in [0.29, 0.717) is 35.4 Å². The van der Waals surface area contributed by atoms with Crippen molar-refractivity contribution in [2.45, 2.75) is 25.4 Å². The minimum atomic E-state index is 0.117. The summed E-state index contributed by atoms with van der Waals surface area (Å²) in [4.78, 5) is 16.0. The van der Waals surface area contributed by atoms with Gasteiger partial charge in [0.25, 0.3) is 0 Å². The van der Waals surface area contributed by atoms with Crippen molar-refractivity contribution in [3.8, 4) is 28.3 Å². The summed E-state index contributed by atoms with van der Waals surface area (Å²) in [5, 5.41) is 7.56. The first-order chi connectivity index (χ1) is 15.1. The largest absolute Gasteiger partial charge is 0.481 e. The molecule has 160 valence electrons. The molecule has 4 rings (SSSR count). The molecule has 1 fully saturated rings. The molecule has 0 bridgehead atoms. The van der Waals surface area contributed by atoms with E-state index in [1.54, 1.807) is 7.11 Å². The standard InChI is InChI=1S/C24H23Cl2N3O2/c1-31-24-15(13-27-14-16-10-12-22(30)28-16)9-11-21(29-24)19-7-4-6-18(23(19)26)17-5-2-3-8-20(17)25/h2-9,11,16,27H,10,12-14H2,1H3,(H,28,30)/t16-/m0/s1. The van der Waals surface area contributed by atoms with Gasteiger partial charge in [0, 0.05) is 52.8 Å². The molecule has 31 heavy (non-hydrogen) atoms. The summed E-state index contributed by atoms with van der Waals surface area (Å²) in [5.74, 6) is 0.658. The van der Waals surface area contributed by atoms with Gasteiger partial charge in [-0.05, 0) is 18.6 Å². The highest BCUT2D eigenvalue weighted by Crippen LogP contribution is 2.39. The first-order valence-electron chi connectivity index (χ1n) is 10.1. The van der Waals surface area contributed by atoms with Gasteiger partial charge in [-0.15, -0.1) is 0 Å². The predicted molar refractivity (Wildman–Crippen MR) is 125 cm³/mol. The summed E-state index contributed by atoms with van der Waals surface area (Å²) >= 11 is 13.1. The second kappa shape index (κ2) is 9.69. The Labute approximate surface area is 191 Å². The minimum Gasteiger partial charge on any atom is -0.481 e. The van der Waals surface area contributed by atoms with E-state index in [2.05, 4.69) is 10.6 Å². The Morgan fingerprint density at radius 2 is 1.84 bits per heavy atom. The van der Waals surface area contributed by atoms with Gasteiger partial charge in [-0.1, -0.05) is 65.7 Å². The van der Waals surface area contributed by atoms with Crippen LogP contribution in [-0.4, -0.2) is 30.6 Å². The van der Waals surface area contributed by atoms with Crippen molar-refractivity contribution in [1.82, 2.24) is 15.6 Å². The zero-order chi connectivity index (χ0) is 21.8. The van der Waals surface area contributed by atoms with Gasteiger partial charge < -0.3 is 15.4 Å². The Kier molecular flexibility index (Phi) is 6.76. The molecule has 0 radical (unpaired) electrons. The highest BCUT2D eigenvalue weighted by atomic mass is 35.5. The lowest BCUT2D eigenvalue weighted by Crippen LogP contribution is -2.35. The molecule has 1 aromatic heterocycles. The van der Waals surface area contributed by atoms with Gasteiger partial charge in [-0.3, -0.25) is 4.79 Å². The van der Waals surface area contributed by atoms with Crippen LogP contribution in [0, 0.1) is 0 Å². The lowest BCUT2D eigenvalue weighted by Gasteiger charge is -2.15. The summed E-state index contributed by atoms with van der Waals surface area (Å²) < 4.78 is 5.54. The van der Waals surface area contributed by atoms with Crippen LogP contribution in [0.25, 0.3) is 22.4 Å². The Bertz CT molecular complexity index is 1100. The SMILES string of the molecule is COc1nc(-c2cccc(-c3ccccc3Cl)c2Cl)ccc1CNC[C@@H]1CCC(=O)N1. The lowest BCUT2D eigenvalue weighted by molar-refractivity contribution is -0.119. The van der Waals surface area contributed by atoms with Gasteiger partial charge in [-0.2, -0.15) is 0 Å². The van der Waals surface area contributed by atoms with Crippen LogP contribution in [0.1, 0.15) is 18.4 Å². The number of hydrogen-bond donors (Lipinski definition) is 2. The normalized spacial score (nSPS) is 15.7. The zero-order valence-corrected chi connectivity index (χ0v) is 18.6. The first-order valence-corrected chi connectivity index (χ1v) is 10.9. The summed E-state index contributed by atoms with van der Waals surface area (Å²) in [6.45, 7) is 1.30. The fourth-order valence-corrected chi connectivity index (χ4v) is 4.32. The summed E-state index contributed by atoms with van der Waals surface area (Å²) in [6, 6.07) is 17.6. The second-order valence-corrected chi connectivity index (χ2v) is 8.23. The molecule has 0 spiro atoms. The molecule has 2 N–H and O–H groups in total. The molecule has 1 aliphatic rings. The molecule has 3 aromatic rings. The third-order valence-electron chi connectivity index (χ3n) is 5.36. The van der Waals surface area contributed by atoms with Crippen molar-refractivity contribution < 1.29 is 9.53 Å². The topological polar surface area (TPSA) is 63.2 Å². The maximum Gasteiger partial charge on any atom is 0.220 e. The van der Waals surface area contributed by atoms with E-state index >= 15 is 0 Å². The number of ether oxygens (including phenoxy) is 1. The van der Waals surface area contributed by atoms with Crippen molar-refractivity contribution in [3.05, 3.63) is 70.2 Å². The van der Waals surface area contributed by atoms with E-state index in [0.717, 1.165) is 34.4 Å². The molecule has 2 aromatic carbocycles. The number of carbonyl (C=O) groups excluding carboxylic acids is 1. The maximum absolute atomic E-state index is 11.3. The molecular weight excluding hydrogens is 433 g/mol. The zero-order valence-electron chi connectivity index (χ0n) is 17.1. The first kappa shape index (κ1) is 21.6. The van der Waals surface area contributed by atoms with Crippen LogP contribution < -0.4 is 15.4 Å². The average molecular weight is 456 g/mol. The highest BCUT2D eigenvalue weighted by molar-refractivity contribution is 6.38. The number of pyridine rings is 1. The summed E-state index contributed by atoms with van der Waals surface area (Å²) in [7, 11) is 1.61. The number of carbonyl (C=O) groups is 1. The fraction of sp³-hybridized carbons (Fsp3) is 0.250. The highest BCUT2D eigenvalue weighted by Gasteiger charge is 2.20. The third-order valence-corrected chi connectivity index (χ3v) is 6.10. The number of nitrogens with one attached hydrogen (secondary N) is 2. The van der Waals surface area contributed by atoms with Gasteiger partial charge in [-0.25, -0.2) is 4.98 Å². The van der Waals surface area contributed by atoms with Gasteiger partial charge in [0.05, 0.1) is 17.8 Å². The molecular formula is C24H23Cl2N3O2. The van der Waals surface area contributed by atoms with E-state index < -0.39 is 0 Å². The number of nitrogens with zero attached hydrogens (tertiary/aromatic N) is 1. The van der Waals surface area contributed by atoms with Crippen molar-refractivity contribution in [2.24, 2.45) is 0 Å². The van der Waals surface area contributed by atoms with Gasteiger partial charge in [0.15, 0.2) is 0 Å². The number of rotatable bonds is 7. The van der Waals surface area contributed by atoms with Crippen LogP contribution in [0.5, 0.6) is 5.88 Å². The Morgan fingerprint density at radius 1 is 1.06 bits per heavy atom. The molecule has 0 unspecified atom stereocenters. The molecule has 5 nitrogen and oxygen atoms in total. The van der Waals surface area contributed by atoms with Crippen molar-refractivity contribution in [3.63, 3.8) is 0 Å². The molecule has 1 atom stereocenters. The quantitative estimate of drug-likeness (QED) is 0.520. The number of hydrogen-bond acceptors (Lipinski definition) is 4. The Balaban J connectivity index is 1.56. The van der Waals surface area contributed by atoms with Crippen LogP contribution in [-0.2, 0) is 11.3 Å². The second-order valence-electron chi connectivity index (χ2n) is 7.45. The fourth-order valence-electron chi connectivity index (χ4n) is 3.76. The smallest absolute Gasteiger partial charge is 0.220 e. The Hall–Kier alpha value is -2.60. The minimum absolute atomic E-state index is 0.117. The summed E-state index contributed by atoms with van der Waals surface area (Å²) in [6.07, 6.45) is 1.46. The van der Waals surface area contributed by atoms with Gasteiger partial charge >= 0.3 is 0 Å². The molecule has 1 saturated heterocycles. The number of halogens is 2.